The zero-order chi connectivity index (χ0) is 23.2. The summed E-state index contributed by atoms with van der Waals surface area (Å²) < 4.78 is 15.4. The molecule has 2 bridgehead atoms. The number of alkyl halides is 1. The molecule has 34 heavy (non-hydrogen) atoms. The minimum atomic E-state index is -0.942. The van der Waals surface area contributed by atoms with E-state index in [-0.39, 0.29) is 23.9 Å². The Morgan fingerprint density at radius 1 is 1.15 bits per heavy atom. The van der Waals surface area contributed by atoms with Gasteiger partial charge in [-0.1, -0.05) is 12.5 Å². The fraction of sp³-hybridized carbons (Fsp3) is 0.458. The van der Waals surface area contributed by atoms with Crippen LogP contribution in [0.2, 0.25) is 0 Å². The Labute approximate surface area is 200 Å². The van der Waals surface area contributed by atoms with Gasteiger partial charge in [-0.2, -0.15) is 5.26 Å². The first kappa shape index (κ1) is 21.4. The summed E-state index contributed by atoms with van der Waals surface area (Å²) in [5.41, 5.74) is 1.17. The number of rotatable bonds is 5. The van der Waals surface area contributed by atoms with Crippen molar-refractivity contribution in [3.8, 4) is 33.8 Å². The largest absolute Gasteiger partial charge is 0.507 e. The average Bonchev–Trinajstić information content (AvgIpc) is 3.57. The lowest BCUT2D eigenvalue weighted by molar-refractivity contribution is 0.104. The number of halogens is 1. The molecule has 0 spiro atoms. The molecule has 3 aromatic rings. The topological polar surface area (TPSA) is 111 Å². The number of phenolic OH excluding ortho intramolecular Hbond substituents is 1. The minimum Gasteiger partial charge on any atom is -0.507 e. The summed E-state index contributed by atoms with van der Waals surface area (Å²) in [5.74, 6) is 0.913. The van der Waals surface area contributed by atoms with Crippen LogP contribution in [0.15, 0.2) is 30.6 Å². The number of hydrogen-bond donors (Lipinski definition) is 2. The highest BCUT2D eigenvalue weighted by Gasteiger charge is 2.46. The maximum absolute atomic E-state index is 15.4. The Bertz CT molecular complexity index is 1240. The molecule has 3 fully saturated rings. The van der Waals surface area contributed by atoms with Crippen molar-refractivity contribution in [1.29, 1.82) is 5.26 Å². The predicted octanol–water partition coefficient (Wildman–Crippen LogP) is 3.83. The van der Waals surface area contributed by atoms with Crippen LogP contribution >= 0.6 is 11.3 Å². The molecule has 1 saturated carbocycles. The molecule has 8 nitrogen and oxygen atoms in total. The molecule has 0 unspecified atom stereocenters. The van der Waals surface area contributed by atoms with Gasteiger partial charge in [0.2, 0.25) is 0 Å². The summed E-state index contributed by atoms with van der Waals surface area (Å²) in [7, 11) is 0. The Morgan fingerprint density at radius 2 is 2.03 bits per heavy atom. The van der Waals surface area contributed by atoms with Gasteiger partial charge < -0.3 is 15.3 Å². The van der Waals surface area contributed by atoms with E-state index in [0.717, 1.165) is 38.5 Å². The summed E-state index contributed by atoms with van der Waals surface area (Å²) in [6.07, 6.45) is 8.10. The first-order valence-corrected chi connectivity index (χ1v) is 12.5. The van der Waals surface area contributed by atoms with Crippen molar-refractivity contribution < 1.29 is 9.50 Å². The van der Waals surface area contributed by atoms with Crippen molar-refractivity contribution in [2.75, 3.05) is 4.90 Å². The van der Waals surface area contributed by atoms with E-state index in [4.69, 9.17) is 5.26 Å². The highest BCUT2D eigenvalue weighted by atomic mass is 32.1. The van der Waals surface area contributed by atoms with Crippen LogP contribution in [0.1, 0.15) is 43.4 Å². The predicted molar refractivity (Wildman–Crippen MR) is 126 cm³/mol. The summed E-state index contributed by atoms with van der Waals surface area (Å²) in [6, 6.07) is 7.53. The van der Waals surface area contributed by atoms with E-state index in [2.05, 4.69) is 36.5 Å². The van der Waals surface area contributed by atoms with E-state index in [1.807, 2.05) is 6.07 Å². The van der Waals surface area contributed by atoms with Gasteiger partial charge in [-0.05, 0) is 44.2 Å². The summed E-state index contributed by atoms with van der Waals surface area (Å²) >= 11 is 1.26. The maximum atomic E-state index is 15.4. The number of piperidine rings is 2. The van der Waals surface area contributed by atoms with E-state index < -0.39 is 6.17 Å². The van der Waals surface area contributed by atoms with Crippen LogP contribution in [0.5, 0.6) is 5.75 Å². The molecule has 2 aliphatic heterocycles. The lowest BCUT2D eigenvalue weighted by Gasteiger charge is -2.47. The number of benzene rings is 1. The molecule has 1 aliphatic carbocycles. The van der Waals surface area contributed by atoms with Crippen LogP contribution in [0.3, 0.4) is 0 Å². The summed E-state index contributed by atoms with van der Waals surface area (Å²) in [4.78, 5) is 11.3. The second kappa shape index (κ2) is 8.56. The molecule has 2 aromatic heterocycles. The van der Waals surface area contributed by atoms with Gasteiger partial charge in [-0.3, -0.25) is 0 Å². The average molecular weight is 478 g/mol. The normalized spacial score (nSPS) is 26.1. The molecular weight excluding hydrogens is 453 g/mol. The van der Waals surface area contributed by atoms with Gasteiger partial charge in [-0.25, -0.2) is 14.4 Å². The van der Waals surface area contributed by atoms with Gasteiger partial charge in [0.15, 0.2) is 11.6 Å². The lowest BCUT2D eigenvalue weighted by Crippen LogP contribution is -2.62. The third kappa shape index (κ3) is 3.89. The molecule has 4 heterocycles. The Hall–Kier alpha value is -3.16. The van der Waals surface area contributed by atoms with Gasteiger partial charge in [0.25, 0.3) is 0 Å². The van der Waals surface area contributed by atoms with Crippen molar-refractivity contribution in [1.82, 2.24) is 25.5 Å². The third-order valence-corrected chi connectivity index (χ3v) is 7.96. The van der Waals surface area contributed by atoms with Crippen LogP contribution in [0.4, 0.5) is 10.2 Å². The van der Waals surface area contributed by atoms with Gasteiger partial charge in [-0.15, -0.1) is 21.5 Å². The minimum absolute atomic E-state index is 0.00908. The molecule has 3 aliphatic rings. The van der Waals surface area contributed by atoms with Crippen LogP contribution in [-0.4, -0.2) is 55.6 Å². The molecule has 0 radical (unpaired) electrons. The quantitative estimate of drug-likeness (QED) is 0.570. The molecule has 6 rings (SSSR count). The fourth-order valence-electron chi connectivity index (χ4n) is 5.25. The zero-order valence-electron chi connectivity index (χ0n) is 18.4. The van der Waals surface area contributed by atoms with E-state index in [1.165, 1.54) is 17.5 Å². The number of aromatic hydroxyl groups is 1. The number of nitriles is 1. The number of hydrogen-bond acceptors (Lipinski definition) is 9. The number of phenols is 1. The van der Waals surface area contributed by atoms with Crippen molar-refractivity contribution in [2.45, 2.75) is 68.9 Å². The van der Waals surface area contributed by atoms with Crippen LogP contribution in [0.25, 0.3) is 22.0 Å². The van der Waals surface area contributed by atoms with Crippen LogP contribution in [-0.2, 0) is 0 Å². The van der Waals surface area contributed by atoms with Gasteiger partial charge in [0, 0.05) is 23.7 Å². The smallest absolute Gasteiger partial charge is 0.185 e. The highest BCUT2D eigenvalue weighted by Crippen LogP contribution is 2.39. The molecule has 10 heteroatoms. The van der Waals surface area contributed by atoms with E-state index in [1.54, 1.807) is 18.3 Å². The monoisotopic (exact) mass is 477 g/mol. The highest BCUT2D eigenvalue weighted by molar-refractivity contribution is 7.15. The van der Waals surface area contributed by atoms with E-state index >= 15 is 4.39 Å². The second-order valence-corrected chi connectivity index (χ2v) is 10.3. The van der Waals surface area contributed by atoms with Gasteiger partial charge in [0.1, 0.15) is 27.9 Å². The SMILES string of the molecule is N#Cc1cnc(-c2ccc(-c3ncc(N(C4CC4)[C@H]4C[C@H]5CCC[C@H](N5)[C@H]4F)nn3)c(O)c2)s1. The Balaban J connectivity index is 1.25. The van der Waals surface area contributed by atoms with Crippen LogP contribution in [0, 0.1) is 11.3 Å². The third-order valence-electron chi connectivity index (χ3n) is 7.01. The molecule has 1 aromatic carbocycles. The number of aromatic nitrogens is 4. The number of anilines is 1. The first-order valence-electron chi connectivity index (χ1n) is 11.7. The standard InChI is InChI=1S/C24H24FN7OS/c25-22-18-3-1-2-14(29-18)9-19(22)32(15-5-6-15)21-12-27-23(31-30-21)17-7-4-13(8-20(17)33)24-28-11-16(10-26)34-24/h4,7-8,11-12,14-15,18-19,22,29,33H,1-3,5-6,9H2/t14-,18+,19+,22-/m1/s1. The van der Waals surface area contributed by atoms with Gasteiger partial charge >= 0.3 is 0 Å². The van der Waals surface area contributed by atoms with E-state index in [9.17, 15) is 5.11 Å². The Morgan fingerprint density at radius 3 is 2.74 bits per heavy atom. The lowest BCUT2D eigenvalue weighted by atomic mass is 9.82. The van der Waals surface area contributed by atoms with Crippen molar-refractivity contribution in [3.63, 3.8) is 0 Å². The van der Waals surface area contributed by atoms with E-state index in [0.29, 0.717) is 38.7 Å². The number of nitrogens with zero attached hydrogens (tertiary/aromatic N) is 6. The summed E-state index contributed by atoms with van der Waals surface area (Å²) in [5, 5.41) is 32.4. The molecule has 174 valence electrons. The number of thiazole rings is 1. The fourth-order valence-corrected chi connectivity index (χ4v) is 5.96. The molecule has 4 atom stereocenters. The summed E-state index contributed by atoms with van der Waals surface area (Å²) in [6.45, 7) is 0. The number of fused-ring (bicyclic) bond motifs is 2. The van der Waals surface area contributed by atoms with Crippen molar-refractivity contribution in [3.05, 3.63) is 35.5 Å². The molecular formula is C24H24FN7OS. The zero-order valence-corrected chi connectivity index (χ0v) is 19.2. The molecule has 2 saturated heterocycles. The maximum Gasteiger partial charge on any atom is 0.185 e. The van der Waals surface area contributed by atoms with Crippen molar-refractivity contribution in [2.24, 2.45) is 0 Å². The molecule has 0 amide bonds. The van der Waals surface area contributed by atoms with Crippen LogP contribution < -0.4 is 10.2 Å². The van der Waals surface area contributed by atoms with Gasteiger partial charge in [0.05, 0.1) is 24.0 Å². The number of nitrogens with one attached hydrogen (secondary N) is 1. The first-order chi connectivity index (χ1) is 16.6. The molecule has 2 N–H and O–H groups in total. The second-order valence-electron chi connectivity index (χ2n) is 9.30. The Kier molecular flexibility index (Phi) is 5.38. The van der Waals surface area contributed by atoms with Crippen molar-refractivity contribution >= 4 is 17.2 Å².